The Bertz CT molecular complexity index is 670. The van der Waals surface area contributed by atoms with Gasteiger partial charge >= 0.3 is 5.97 Å². The molecule has 1 saturated heterocycles. The molecule has 0 bridgehead atoms. The molecule has 0 radical (unpaired) electrons. The summed E-state index contributed by atoms with van der Waals surface area (Å²) in [6, 6.07) is -2.24. The minimum Gasteiger partial charge on any atom is -0.480 e. The van der Waals surface area contributed by atoms with Crippen molar-refractivity contribution in [3.63, 3.8) is 0 Å². The van der Waals surface area contributed by atoms with Crippen molar-refractivity contribution in [1.29, 1.82) is 0 Å². The van der Waals surface area contributed by atoms with Crippen molar-refractivity contribution in [3.05, 3.63) is 0 Å². The predicted octanol–water partition coefficient (Wildman–Crippen LogP) is 0.371. The lowest BCUT2D eigenvalue weighted by Gasteiger charge is -2.27. The summed E-state index contributed by atoms with van der Waals surface area (Å²) in [5.74, 6) is -0.713. The monoisotopic (exact) mass is 519 g/mol. The molecule has 10 nitrogen and oxygen atoms in total. The summed E-state index contributed by atoms with van der Waals surface area (Å²) >= 11 is 2.54. The number of unbranched alkanes of at least 4 members (excludes halogenated alkanes) is 1. The second-order valence-electron chi connectivity index (χ2n) is 8.40. The van der Waals surface area contributed by atoms with Crippen LogP contribution in [0.3, 0.4) is 0 Å². The van der Waals surface area contributed by atoms with Crippen LogP contribution in [-0.4, -0.2) is 87.9 Å². The van der Waals surface area contributed by atoms with E-state index in [1.807, 2.05) is 6.92 Å². The predicted molar refractivity (Wildman–Crippen MR) is 137 cm³/mol. The van der Waals surface area contributed by atoms with E-state index in [9.17, 15) is 24.3 Å². The van der Waals surface area contributed by atoms with E-state index in [-0.39, 0.29) is 22.7 Å². The SMILES string of the molecule is CCSC[C@H](NC(=O)[C@@H](N)CCCCN)C(=O)SCC(CCCN)C(=O)N1CCC[C@H]1C(=O)O. The van der Waals surface area contributed by atoms with Crippen molar-refractivity contribution in [2.75, 3.05) is 36.9 Å². The third-order valence-corrected chi connectivity index (χ3v) is 7.86. The smallest absolute Gasteiger partial charge is 0.326 e. The number of thioether (sulfide) groups is 2. The lowest BCUT2D eigenvalue weighted by atomic mass is 10.0. The zero-order chi connectivity index (χ0) is 25.5. The number of hydrogen-bond donors (Lipinski definition) is 5. The minimum absolute atomic E-state index is 0.215. The van der Waals surface area contributed by atoms with Gasteiger partial charge in [-0.15, -0.1) is 0 Å². The van der Waals surface area contributed by atoms with Crippen LogP contribution in [0.2, 0.25) is 0 Å². The number of nitrogens with one attached hydrogen (secondary N) is 1. The number of rotatable bonds is 17. The van der Waals surface area contributed by atoms with Gasteiger partial charge in [-0.25, -0.2) is 4.79 Å². The number of nitrogens with two attached hydrogens (primary N) is 3. The first-order valence-electron chi connectivity index (χ1n) is 12.0. The maximum atomic E-state index is 13.1. The third kappa shape index (κ3) is 10.5. The van der Waals surface area contributed by atoms with E-state index in [0.29, 0.717) is 57.5 Å². The standard InChI is InChI=1S/C22H41N5O5S2/c1-2-33-14-17(26-19(28)16(25)8-3-4-10-23)22(32)34-13-15(7-5-11-24)20(29)27-12-6-9-18(27)21(30)31/h15-18H,2-14,23-25H2,1H3,(H,26,28)(H,30,31)/t15?,16-,17-,18-/m0/s1. The third-order valence-electron chi connectivity index (χ3n) is 5.75. The highest BCUT2D eigenvalue weighted by atomic mass is 32.2. The van der Waals surface area contributed by atoms with Gasteiger partial charge in [-0.3, -0.25) is 14.4 Å². The molecule has 0 saturated carbocycles. The Kier molecular flexibility index (Phi) is 15.5. The summed E-state index contributed by atoms with van der Waals surface area (Å²) in [5.41, 5.74) is 17.1. The molecular weight excluding hydrogens is 478 g/mol. The van der Waals surface area contributed by atoms with E-state index in [0.717, 1.165) is 30.4 Å². The Morgan fingerprint density at radius 2 is 1.79 bits per heavy atom. The van der Waals surface area contributed by atoms with Gasteiger partial charge < -0.3 is 32.5 Å². The molecule has 0 aromatic rings. The Labute approximate surface area is 210 Å². The summed E-state index contributed by atoms with van der Waals surface area (Å²) in [5, 5.41) is 12.0. The maximum Gasteiger partial charge on any atom is 0.326 e. The minimum atomic E-state index is -1.01. The van der Waals surface area contributed by atoms with Gasteiger partial charge in [0, 0.05) is 24.0 Å². The lowest BCUT2D eigenvalue weighted by molar-refractivity contribution is -0.149. The first-order valence-corrected chi connectivity index (χ1v) is 14.1. The fraction of sp³-hybridized carbons (Fsp3) is 0.818. The van der Waals surface area contributed by atoms with Gasteiger partial charge in [-0.05, 0) is 57.4 Å². The van der Waals surface area contributed by atoms with Crippen LogP contribution in [0.4, 0.5) is 0 Å². The van der Waals surface area contributed by atoms with Crippen LogP contribution in [0, 0.1) is 5.92 Å². The molecule has 0 spiro atoms. The number of hydrogen-bond acceptors (Lipinski definition) is 9. The van der Waals surface area contributed by atoms with E-state index in [1.54, 1.807) is 0 Å². The first kappa shape index (κ1) is 30.7. The molecule has 1 aliphatic heterocycles. The number of likely N-dealkylation sites (tertiary alicyclic amines) is 1. The summed E-state index contributed by atoms with van der Waals surface area (Å²) in [4.78, 5) is 51.6. The fourth-order valence-electron chi connectivity index (χ4n) is 3.77. The molecule has 1 aliphatic rings. The second-order valence-corrected chi connectivity index (χ2v) is 10.7. The Balaban J connectivity index is 2.78. The second kappa shape index (κ2) is 17.1. The molecule has 1 fully saturated rings. The average molecular weight is 520 g/mol. The number of nitrogens with zero attached hydrogens (tertiary/aromatic N) is 1. The van der Waals surface area contributed by atoms with Gasteiger partial charge in [-0.2, -0.15) is 11.8 Å². The summed E-state index contributed by atoms with van der Waals surface area (Å²) in [7, 11) is 0. The van der Waals surface area contributed by atoms with E-state index in [2.05, 4.69) is 5.32 Å². The van der Waals surface area contributed by atoms with Crippen LogP contribution >= 0.6 is 23.5 Å². The molecule has 34 heavy (non-hydrogen) atoms. The molecule has 1 unspecified atom stereocenters. The Morgan fingerprint density at radius 1 is 1.09 bits per heavy atom. The van der Waals surface area contributed by atoms with Crippen LogP contribution in [-0.2, 0) is 19.2 Å². The van der Waals surface area contributed by atoms with Crippen molar-refractivity contribution in [2.45, 2.75) is 70.0 Å². The number of carboxylic acid groups (broad SMARTS) is 1. The van der Waals surface area contributed by atoms with Crippen molar-refractivity contribution >= 4 is 46.4 Å². The quantitative estimate of drug-likeness (QED) is 0.168. The van der Waals surface area contributed by atoms with Gasteiger partial charge in [0.25, 0.3) is 0 Å². The Morgan fingerprint density at radius 3 is 2.41 bits per heavy atom. The fourth-order valence-corrected chi connectivity index (χ4v) is 5.60. The summed E-state index contributed by atoms with van der Waals surface area (Å²) in [6.07, 6.45) is 4.17. The number of aliphatic carboxylic acids is 1. The molecule has 0 aromatic carbocycles. The highest BCUT2D eigenvalue weighted by Gasteiger charge is 2.37. The molecule has 196 valence electrons. The van der Waals surface area contributed by atoms with Gasteiger partial charge in [0.15, 0.2) is 0 Å². The van der Waals surface area contributed by atoms with Crippen LogP contribution < -0.4 is 22.5 Å². The van der Waals surface area contributed by atoms with Gasteiger partial charge in [0.05, 0.1) is 6.04 Å². The zero-order valence-electron chi connectivity index (χ0n) is 20.1. The molecule has 8 N–H and O–H groups in total. The van der Waals surface area contributed by atoms with E-state index in [4.69, 9.17) is 17.2 Å². The van der Waals surface area contributed by atoms with Crippen LogP contribution in [0.1, 0.15) is 51.9 Å². The molecule has 0 aromatic heterocycles. The molecule has 1 rings (SSSR count). The van der Waals surface area contributed by atoms with Gasteiger partial charge in [-0.1, -0.05) is 25.1 Å². The number of carboxylic acids is 1. The topological polar surface area (TPSA) is 182 Å². The van der Waals surface area contributed by atoms with Crippen molar-refractivity contribution in [3.8, 4) is 0 Å². The molecule has 12 heteroatoms. The number of carbonyl (C=O) groups is 4. The highest BCUT2D eigenvalue weighted by molar-refractivity contribution is 8.13. The molecular formula is C22H41N5O5S2. The summed E-state index contributed by atoms with van der Waals surface area (Å²) in [6.45, 7) is 3.31. The largest absolute Gasteiger partial charge is 0.480 e. The number of carbonyl (C=O) groups excluding carboxylic acids is 3. The Hall–Kier alpha value is -1.34. The van der Waals surface area contributed by atoms with Crippen molar-refractivity contribution in [1.82, 2.24) is 10.2 Å². The van der Waals surface area contributed by atoms with Gasteiger partial charge in [0.2, 0.25) is 16.9 Å². The van der Waals surface area contributed by atoms with E-state index in [1.165, 1.54) is 16.7 Å². The van der Waals surface area contributed by atoms with E-state index >= 15 is 0 Å². The zero-order valence-corrected chi connectivity index (χ0v) is 21.7. The van der Waals surface area contributed by atoms with Gasteiger partial charge in [0.1, 0.15) is 12.1 Å². The summed E-state index contributed by atoms with van der Waals surface area (Å²) < 4.78 is 0. The molecule has 4 atom stereocenters. The van der Waals surface area contributed by atoms with Crippen molar-refractivity contribution in [2.24, 2.45) is 23.1 Å². The van der Waals surface area contributed by atoms with Crippen LogP contribution in [0.5, 0.6) is 0 Å². The normalized spacial score (nSPS) is 18.4. The highest BCUT2D eigenvalue weighted by Crippen LogP contribution is 2.25. The first-order chi connectivity index (χ1) is 16.3. The van der Waals surface area contributed by atoms with Crippen molar-refractivity contribution < 1.29 is 24.3 Å². The molecule has 2 amide bonds. The number of amides is 2. The maximum absolute atomic E-state index is 13.1. The molecule has 1 heterocycles. The van der Waals surface area contributed by atoms with Crippen LogP contribution in [0.25, 0.3) is 0 Å². The van der Waals surface area contributed by atoms with Crippen LogP contribution in [0.15, 0.2) is 0 Å². The lowest BCUT2D eigenvalue weighted by Crippen LogP contribution is -2.49. The molecule has 0 aliphatic carbocycles. The average Bonchev–Trinajstić information content (AvgIpc) is 3.31. The van der Waals surface area contributed by atoms with E-state index < -0.39 is 30.0 Å².